The molecule has 2 N–H and O–H groups in total. The van der Waals surface area contributed by atoms with Gasteiger partial charge in [-0.3, -0.25) is 0 Å². The molecule has 1 aromatic heterocycles. The van der Waals surface area contributed by atoms with Crippen molar-refractivity contribution in [2.75, 3.05) is 0 Å². The summed E-state index contributed by atoms with van der Waals surface area (Å²) in [5.74, 6) is 0.328. The number of rotatable bonds is 2. The summed E-state index contributed by atoms with van der Waals surface area (Å²) in [7, 11) is 0. The minimum atomic E-state index is -0.0619. The van der Waals surface area contributed by atoms with Crippen LogP contribution in [0.15, 0.2) is 88.3 Å². The lowest BCUT2D eigenvalue weighted by atomic mass is 10.1. The molecule has 0 radical (unpaired) electrons. The summed E-state index contributed by atoms with van der Waals surface area (Å²) in [6.07, 6.45) is 0. The van der Waals surface area contributed by atoms with E-state index in [-0.39, 0.29) is 11.5 Å². The van der Waals surface area contributed by atoms with E-state index in [0.29, 0.717) is 27.8 Å². The maximum Gasteiger partial charge on any atom is 0.186 e. The second-order valence-electron chi connectivity index (χ2n) is 5.59. The summed E-state index contributed by atoms with van der Waals surface area (Å²) in [4.78, 5) is 4.49. The van der Waals surface area contributed by atoms with Crippen molar-refractivity contribution in [2.24, 2.45) is 4.99 Å². The van der Waals surface area contributed by atoms with Crippen LogP contribution in [0, 0.1) is 0 Å². The van der Waals surface area contributed by atoms with E-state index in [4.69, 9.17) is 4.42 Å². The van der Waals surface area contributed by atoms with Crippen molar-refractivity contribution in [3.8, 4) is 22.8 Å². The first-order chi connectivity index (χ1) is 12.2. The number of nitrogens with zero attached hydrogens (tertiary/aromatic N) is 1. The first-order valence-electron chi connectivity index (χ1n) is 7.87. The van der Waals surface area contributed by atoms with Gasteiger partial charge in [0, 0.05) is 10.9 Å². The van der Waals surface area contributed by atoms with Crippen LogP contribution in [0.5, 0.6) is 11.5 Å². The Morgan fingerprint density at radius 2 is 1.40 bits per heavy atom. The highest BCUT2D eigenvalue weighted by atomic mass is 16.4. The summed E-state index contributed by atoms with van der Waals surface area (Å²) < 4.78 is 5.91. The van der Waals surface area contributed by atoms with Crippen LogP contribution in [-0.2, 0) is 0 Å². The van der Waals surface area contributed by atoms with Crippen molar-refractivity contribution in [3.05, 3.63) is 84.2 Å². The molecule has 1 heterocycles. The molecule has 0 unspecified atom stereocenters. The van der Waals surface area contributed by atoms with Crippen molar-refractivity contribution in [3.63, 3.8) is 0 Å². The molecule has 0 saturated heterocycles. The van der Waals surface area contributed by atoms with E-state index < -0.39 is 0 Å². The normalized spacial score (nSPS) is 11.8. The number of benzene rings is 3. The number of phenols is 1. The Labute approximate surface area is 144 Å². The number of hydrogen-bond acceptors (Lipinski definition) is 4. The molecular formula is C21H15NO3. The maximum absolute atomic E-state index is 10.8. The molecule has 0 aliphatic heterocycles. The van der Waals surface area contributed by atoms with Gasteiger partial charge in [-0.25, -0.2) is 4.99 Å². The molecule has 4 aromatic rings. The lowest BCUT2D eigenvalue weighted by Crippen LogP contribution is -2.05. The number of hydrogen-bond donors (Lipinski definition) is 2. The fraction of sp³-hybridized carbons (Fsp3) is 0. The zero-order valence-corrected chi connectivity index (χ0v) is 13.3. The monoisotopic (exact) mass is 329 g/mol. The van der Waals surface area contributed by atoms with Gasteiger partial charge in [-0.05, 0) is 24.3 Å². The molecule has 0 aliphatic rings. The molecule has 4 nitrogen and oxygen atoms in total. The van der Waals surface area contributed by atoms with Gasteiger partial charge in [0.05, 0.1) is 0 Å². The van der Waals surface area contributed by atoms with Crippen LogP contribution >= 0.6 is 0 Å². The summed E-state index contributed by atoms with van der Waals surface area (Å²) in [5.41, 5.74) is 1.74. The zero-order valence-electron chi connectivity index (χ0n) is 13.3. The zero-order chi connectivity index (χ0) is 17.2. The molecule has 122 valence electrons. The first kappa shape index (κ1) is 15.0. The van der Waals surface area contributed by atoms with Crippen molar-refractivity contribution in [1.29, 1.82) is 0 Å². The number of fused-ring (bicyclic) bond motifs is 1. The van der Waals surface area contributed by atoms with Crippen LogP contribution in [0.2, 0.25) is 0 Å². The van der Waals surface area contributed by atoms with Gasteiger partial charge in [-0.15, -0.1) is 0 Å². The Morgan fingerprint density at radius 1 is 0.720 bits per heavy atom. The van der Waals surface area contributed by atoms with Gasteiger partial charge in [0.2, 0.25) is 0 Å². The van der Waals surface area contributed by atoms with E-state index in [1.54, 1.807) is 24.3 Å². The topological polar surface area (TPSA) is 66.0 Å². The average Bonchev–Trinajstić information content (AvgIpc) is 2.66. The Morgan fingerprint density at radius 3 is 2.20 bits per heavy atom. The number of phenolic OH excluding ortho intramolecular Hbond substituents is 1. The van der Waals surface area contributed by atoms with Crippen molar-refractivity contribution >= 4 is 16.7 Å². The van der Waals surface area contributed by atoms with E-state index in [2.05, 4.69) is 4.99 Å². The summed E-state index contributed by atoms with van der Waals surface area (Å²) in [6.45, 7) is 0. The predicted molar refractivity (Wildman–Crippen MR) is 96.6 cm³/mol. The Balaban J connectivity index is 2.09. The van der Waals surface area contributed by atoms with Crippen LogP contribution in [0.25, 0.3) is 22.3 Å². The molecule has 0 spiro atoms. The third-order valence-electron chi connectivity index (χ3n) is 3.94. The SMILES string of the molecule is Oc1ccccc1N=c1c(O)c(-c2ccccc2)oc2ccccc12. The summed E-state index contributed by atoms with van der Waals surface area (Å²) in [5, 5.41) is 21.9. The summed E-state index contributed by atoms with van der Waals surface area (Å²) >= 11 is 0. The van der Waals surface area contributed by atoms with Crippen molar-refractivity contribution in [2.45, 2.75) is 0 Å². The standard InChI is InChI=1S/C21H15NO3/c23-17-12-6-5-11-16(17)22-19-15-10-4-7-13-18(15)25-21(20(19)24)14-8-2-1-3-9-14/h1-13,23-24H. The van der Waals surface area contributed by atoms with Gasteiger partial charge in [0.1, 0.15) is 22.4 Å². The van der Waals surface area contributed by atoms with E-state index in [1.165, 1.54) is 0 Å². The molecule has 3 aromatic carbocycles. The molecule has 0 saturated carbocycles. The van der Waals surface area contributed by atoms with Crippen LogP contribution in [0.3, 0.4) is 0 Å². The predicted octanol–water partition coefficient (Wildman–Crippen LogP) is 4.74. The van der Waals surface area contributed by atoms with Crippen LogP contribution in [0.4, 0.5) is 5.69 Å². The van der Waals surface area contributed by atoms with E-state index in [0.717, 1.165) is 5.56 Å². The largest absolute Gasteiger partial charge is 0.506 e. The first-order valence-corrected chi connectivity index (χ1v) is 7.87. The van der Waals surface area contributed by atoms with E-state index >= 15 is 0 Å². The van der Waals surface area contributed by atoms with E-state index in [1.807, 2.05) is 54.6 Å². The van der Waals surface area contributed by atoms with Crippen LogP contribution in [0.1, 0.15) is 0 Å². The number of para-hydroxylation sites is 3. The van der Waals surface area contributed by atoms with Gasteiger partial charge in [-0.1, -0.05) is 54.6 Å². The smallest absolute Gasteiger partial charge is 0.186 e. The van der Waals surface area contributed by atoms with Gasteiger partial charge in [0.25, 0.3) is 0 Å². The average molecular weight is 329 g/mol. The third-order valence-corrected chi connectivity index (χ3v) is 3.94. The van der Waals surface area contributed by atoms with Gasteiger partial charge >= 0.3 is 0 Å². The highest BCUT2D eigenvalue weighted by Crippen LogP contribution is 2.31. The molecule has 4 heteroatoms. The third kappa shape index (κ3) is 2.74. The maximum atomic E-state index is 10.8. The fourth-order valence-electron chi connectivity index (χ4n) is 2.72. The molecule has 25 heavy (non-hydrogen) atoms. The molecule has 0 fully saturated rings. The lowest BCUT2D eigenvalue weighted by Gasteiger charge is -2.08. The minimum Gasteiger partial charge on any atom is -0.506 e. The van der Waals surface area contributed by atoms with Crippen molar-refractivity contribution in [1.82, 2.24) is 0 Å². The molecule has 4 rings (SSSR count). The molecule has 0 aliphatic carbocycles. The molecule has 0 atom stereocenters. The quantitative estimate of drug-likeness (QED) is 0.558. The molecular weight excluding hydrogens is 314 g/mol. The Hall–Kier alpha value is -3.53. The Bertz CT molecular complexity index is 1110. The molecule has 0 amide bonds. The summed E-state index contributed by atoms with van der Waals surface area (Å²) in [6, 6.07) is 23.5. The van der Waals surface area contributed by atoms with Gasteiger partial charge < -0.3 is 14.6 Å². The fourth-order valence-corrected chi connectivity index (χ4v) is 2.72. The highest BCUT2D eigenvalue weighted by Gasteiger charge is 2.14. The van der Waals surface area contributed by atoms with Crippen molar-refractivity contribution < 1.29 is 14.6 Å². The minimum absolute atomic E-state index is 0.0491. The highest BCUT2D eigenvalue weighted by molar-refractivity contribution is 5.81. The lowest BCUT2D eigenvalue weighted by molar-refractivity contribution is 0.447. The van der Waals surface area contributed by atoms with Gasteiger partial charge in [0.15, 0.2) is 11.5 Å². The van der Waals surface area contributed by atoms with Crippen LogP contribution in [-0.4, -0.2) is 10.2 Å². The van der Waals surface area contributed by atoms with Crippen LogP contribution < -0.4 is 5.36 Å². The second kappa shape index (κ2) is 6.17. The second-order valence-corrected chi connectivity index (χ2v) is 5.59. The van der Waals surface area contributed by atoms with Gasteiger partial charge in [-0.2, -0.15) is 0 Å². The number of aromatic hydroxyl groups is 2. The van der Waals surface area contributed by atoms with E-state index in [9.17, 15) is 10.2 Å². The Kier molecular flexibility index (Phi) is 3.71. The molecule has 0 bridgehead atoms.